The Bertz CT molecular complexity index is 1280. The Balaban J connectivity index is 1.56. The van der Waals surface area contributed by atoms with E-state index in [9.17, 15) is 4.39 Å². The van der Waals surface area contributed by atoms with Gasteiger partial charge in [0, 0.05) is 25.0 Å². The monoisotopic (exact) mass is 369 g/mol. The highest BCUT2D eigenvalue weighted by Gasteiger charge is 2.09. The fraction of sp³-hybridized carbons (Fsp3) is 0.0455. The molecule has 0 radical (unpaired) electrons. The van der Waals surface area contributed by atoms with E-state index in [4.69, 9.17) is 0 Å². The highest BCUT2D eigenvalue weighted by molar-refractivity contribution is 5.83. The van der Waals surface area contributed by atoms with Crippen LogP contribution in [0.25, 0.3) is 39.1 Å². The molecule has 0 saturated carbocycles. The second-order valence-electron chi connectivity index (χ2n) is 6.63. The summed E-state index contributed by atoms with van der Waals surface area (Å²) in [6, 6.07) is 16.5. The Morgan fingerprint density at radius 1 is 0.821 bits per heavy atom. The van der Waals surface area contributed by atoms with Crippen molar-refractivity contribution in [1.82, 2.24) is 24.3 Å². The molecule has 6 heteroatoms. The van der Waals surface area contributed by atoms with Gasteiger partial charge in [0.15, 0.2) is 0 Å². The Hall–Kier alpha value is -3.80. The van der Waals surface area contributed by atoms with Gasteiger partial charge in [-0.3, -0.25) is 9.25 Å². The summed E-state index contributed by atoms with van der Waals surface area (Å²) < 4.78 is 16.9. The summed E-state index contributed by atoms with van der Waals surface area (Å²) in [5, 5.41) is 4.23. The van der Waals surface area contributed by atoms with Crippen LogP contribution in [-0.4, -0.2) is 24.3 Å². The second kappa shape index (κ2) is 6.42. The fourth-order valence-electron chi connectivity index (χ4n) is 3.32. The standard InChI is InChI=1S/C22H16FN5/c1-27-13-18(12-26-27)16-4-7-21-20(10-16)25-14-28(21)22-11-17(8-9-24-22)15-2-5-19(23)6-3-15/h2-14H,1H3. The minimum absolute atomic E-state index is 0.247. The summed E-state index contributed by atoms with van der Waals surface area (Å²) in [5.41, 5.74) is 5.88. The van der Waals surface area contributed by atoms with Crippen molar-refractivity contribution < 1.29 is 4.39 Å². The normalized spacial score (nSPS) is 11.2. The van der Waals surface area contributed by atoms with Crippen LogP contribution in [0.5, 0.6) is 0 Å². The van der Waals surface area contributed by atoms with Crippen molar-refractivity contribution in [3.63, 3.8) is 0 Å². The number of rotatable bonds is 3. The number of benzene rings is 2. The van der Waals surface area contributed by atoms with Crippen LogP contribution in [0.15, 0.2) is 79.5 Å². The van der Waals surface area contributed by atoms with Crippen LogP contribution >= 0.6 is 0 Å². The summed E-state index contributed by atoms with van der Waals surface area (Å²) in [7, 11) is 1.90. The molecule has 0 aliphatic carbocycles. The third-order valence-corrected chi connectivity index (χ3v) is 4.76. The molecule has 0 amide bonds. The average molecular weight is 369 g/mol. The van der Waals surface area contributed by atoms with Crippen molar-refractivity contribution in [1.29, 1.82) is 0 Å². The summed E-state index contributed by atoms with van der Waals surface area (Å²) in [5.74, 6) is 0.515. The number of pyridine rings is 1. The van der Waals surface area contributed by atoms with Crippen LogP contribution in [0.3, 0.4) is 0 Å². The second-order valence-corrected chi connectivity index (χ2v) is 6.63. The lowest BCUT2D eigenvalue weighted by Crippen LogP contribution is -1.96. The van der Waals surface area contributed by atoms with Gasteiger partial charge < -0.3 is 0 Å². The fourth-order valence-corrected chi connectivity index (χ4v) is 3.32. The zero-order chi connectivity index (χ0) is 19.1. The first-order chi connectivity index (χ1) is 13.7. The van der Waals surface area contributed by atoms with E-state index >= 15 is 0 Å². The van der Waals surface area contributed by atoms with Gasteiger partial charge in [-0.1, -0.05) is 18.2 Å². The highest BCUT2D eigenvalue weighted by Crippen LogP contribution is 2.26. The molecule has 5 nitrogen and oxygen atoms in total. The highest BCUT2D eigenvalue weighted by atomic mass is 19.1. The number of hydrogen-bond acceptors (Lipinski definition) is 3. The number of nitrogens with zero attached hydrogens (tertiary/aromatic N) is 5. The van der Waals surface area contributed by atoms with Gasteiger partial charge in [0.05, 0.1) is 17.2 Å². The van der Waals surface area contributed by atoms with Crippen molar-refractivity contribution in [3.8, 4) is 28.1 Å². The lowest BCUT2D eigenvalue weighted by atomic mass is 10.1. The maximum atomic E-state index is 13.2. The molecule has 0 fully saturated rings. The van der Waals surface area contributed by atoms with Crippen LogP contribution in [0.4, 0.5) is 4.39 Å². The predicted molar refractivity (Wildman–Crippen MR) is 106 cm³/mol. The molecule has 0 N–H and O–H groups in total. The Labute approximate surface area is 160 Å². The largest absolute Gasteiger partial charge is 0.283 e. The number of imidazole rings is 1. The lowest BCUT2D eigenvalue weighted by molar-refractivity contribution is 0.628. The van der Waals surface area contributed by atoms with E-state index in [1.165, 1.54) is 12.1 Å². The van der Waals surface area contributed by atoms with E-state index in [1.54, 1.807) is 29.3 Å². The first kappa shape index (κ1) is 16.4. The van der Waals surface area contributed by atoms with Gasteiger partial charge >= 0.3 is 0 Å². The van der Waals surface area contributed by atoms with Crippen LogP contribution < -0.4 is 0 Å². The van der Waals surface area contributed by atoms with Gasteiger partial charge in [-0.05, 0) is 53.1 Å². The third kappa shape index (κ3) is 2.85. The van der Waals surface area contributed by atoms with Crippen molar-refractivity contribution in [2.45, 2.75) is 0 Å². The van der Waals surface area contributed by atoms with Gasteiger partial charge in [0.25, 0.3) is 0 Å². The average Bonchev–Trinajstić information content (AvgIpc) is 3.34. The number of aryl methyl sites for hydroxylation is 1. The summed E-state index contributed by atoms with van der Waals surface area (Å²) in [6.07, 6.45) is 7.34. The third-order valence-electron chi connectivity index (χ3n) is 4.76. The van der Waals surface area contributed by atoms with E-state index < -0.39 is 0 Å². The van der Waals surface area contributed by atoms with E-state index in [0.29, 0.717) is 0 Å². The maximum Gasteiger partial charge on any atom is 0.138 e. The molecule has 3 aromatic heterocycles. The van der Waals surface area contributed by atoms with Crippen LogP contribution in [-0.2, 0) is 7.05 Å². The number of fused-ring (bicyclic) bond motifs is 1. The van der Waals surface area contributed by atoms with Crippen molar-refractivity contribution in [2.24, 2.45) is 7.05 Å². The minimum atomic E-state index is -0.247. The van der Waals surface area contributed by atoms with Crippen LogP contribution in [0.2, 0.25) is 0 Å². The van der Waals surface area contributed by atoms with Gasteiger partial charge in [-0.15, -0.1) is 0 Å². The Morgan fingerprint density at radius 3 is 2.39 bits per heavy atom. The van der Waals surface area contributed by atoms with Crippen molar-refractivity contribution in [3.05, 3.63) is 85.3 Å². The molecule has 2 aromatic carbocycles. The van der Waals surface area contributed by atoms with Gasteiger partial charge in [0.2, 0.25) is 0 Å². The Morgan fingerprint density at radius 2 is 1.61 bits per heavy atom. The zero-order valence-electron chi connectivity index (χ0n) is 15.1. The number of halogens is 1. The maximum absolute atomic E-state index is 13.2. The van der Waals surface area contributed by atoms with E-state index in [1.807, 2.05) is 48.3 Å². The molecule has 0 spiro atoms. The molecule has 0 aliphatic heterocycles. The van der Waals surface area contributed by atoms with Gasteiger partial charge in [-0.2, -0.15) is 5.10 Å². The summed E-state index contributed by atoms with van der Waals surface area (Å²) in [4.78, 5) is 9.04. The molecule has 0 aliphatic rings. The number of aromatic nitrogens is 5. The predicted octanol–water partition coefficient (Wildman–Crippen LogP) is 4.63. The molecule has 5 aromatic rings. The molecular weight excluding hydrogens is 353 g/mol. The first-order valence-corrected chi connectivity index (χ1v) is 8.86. The van der Waals surface area contributed by atoms with Gasteiger partial charge in [-0.25, -0.2) is 14.4 Å². The lowest BCUT2D eigenvalue weighted by Gasteiger charge is -2.07. The number of hydrogen-bond donors (Lipinski definition) is 0. The van der Waals surface area contributed by atoms with Crippen LogP contribution in [0.1, 0.15) is 0 Å². The first-order valence-electron chi connectivity index (χ1n) is 8.86. The van der Waals surface area contributed by atoms with E-state index in [0.717, 1.165) is 39.1 Å². The quantitative estimate of drug-likeness (QED) is 0.466. The SMILES string of the molecule is Cn1cc(-c2ccc3c(c2)ncn3-c2cc(-c3ccc(F)cc3)ccn2)cn1. The molecular formula is C22H16FN5. The minimum Gasteiger partial charge on any atom is -0.283 e. The smallest absolute Gasteiger partial charge is 0.138 e. The molecule has 136 valence electrons. The van der Waals surface area contributed by atoms with E-state index in [2.05, 4.69) is 21.1 Å². The molecule has 0 unspecified atom stereocenters. The Kier molecular flexibility index (Phi) is 3.76. The van der Waals surface area contributed by atoms with Crippen molar-refractivity contribution >= 4 is 11.0 Å². The molecule has 0 bridgehead atoms. The molecule has 5 rings (SSSR count). The molecule has 28 heavy (non-hydrogen) atoms. The van der Waals surface area contributed by atoms with E-state index in [-0.39, 0.29) is 5.82 Å². The topological polar surface area (TPSA) is 48.5 Å². The molecule has 0 atom stereocenters. The summed E-state index contributed by atoms with van der Waals surface area (Å²) >= 11 is 0. The van der Waals surface area contributed by atoms with Crippen molar-refractivity contribution in [2.75, 3.05) is 0 Å². The van der Waals surface area contributed by atoms with Gasteiger partial charge in [0.1, 0.15) is 18.0 Å². The summed E-state index contributed by atoms with van der Waals surface area (Å²) in [6.45, 7) is 0. The molecule has 0 saturated heterocycles. The molecule has 3 heterocycles. The van der Waals surface area contributed by atoms with Crippen LogP contribution in [0, 0.1) is 5.82 Å². The zero-order valence-corrected chi connectivity index (χ0v) is 15.1.